The Balaban J connectivity index is 1.46. The molecule has 0 N–H and O–H groups in total. The molecule has 1 aromatic carbocycles. The highest BCUT2D eigenvalue weighted by Gasteiger charge is 2.12. The summed E-state index contributed by atoms with van der Waals surface area (Å²) >= 11 is 1.55. The number of nitrogens with zero attached hydrogens (tertiary/aromatic N) is 4. The predicted octanol–water partition coefficient (Wildman–Crippen LogP) is 4.51. The highest BCUT2D eigenvalue weighted by molar-refractivity contribution is 7.09. The molecule has 3 aromatic heterocycles. The smallest absolute Gasteiger partial charge is 0.341 e. The Morgan fingerprint density at radius 3 is 2.94 bits per heavy atom. The van der Waals surface area contributed by atoms with Gasteiger partial charge in [0.05, 0.1) is 30.6 Å². The predicted molar refractivity (Wildman–Crippen MR) is 118 cm³/mol. The van der Waals surface area contributed by atoms with Gasteiger partial charge in [-0.05, 0) is 43.7 Å². The number of rotatable bonds is 8. The number of hydrogen-bond donors (Lipinski definition) is 0. The number of carbonyl (C=O) groups is 1. The van der Waals surface area contributed by atoms with E-state index >= 15 is 0 Å². The highest BCUT2D eigenvalue weighted by atomic mass is 32.1. The van der Waals surface area contributed by atoms with Crippen molar-refractivity contribution in [2.75, 3.05) is 6.61 Å². The number of pyridine rings is 1. The van der Waals surface area contributed by atoms with Crippen LogP contribution in [0, 0.1) is 6.92 Å². The first-order chi connectivity index (χ1) is 15.1. The zero-order valence-electron chi connectivity index (χ0n) is 17.3. The van der Waals surface area contributed by atoms with Gasteiger partial charge in [-0.15, -0.1) is 11.3 Å². The molecule has 0 spiro atoms. The summed E-state index contributed by atoms with van der Waals surface area (Å²) in [5.41, 5.74) is 4.43. The summed E-state index contributed by atoms with van der Waals surface area (Å²) in [6.45, 7) is 5.10. The lowest BCUT2D eigenvalue weighted by atomic mass is 10.1. The Morgan fingerprint density at radius 2 is 2.13 bits per heavy atom. The third-order valence-corrected chi connectivity index (χ3v) is 5.30. The lowest BCUT2D eigenvalue weighted by Crippen LogP contribution is -2.04. The van der Waals surface area contributed by atoms with Gasteiger partial charge in [-0.1, -0.05) is 6.07 Å². The van der Waals surface area contributed by atoms with E-state index in [4.69, 9.17) is 14.5 Å². The molecule has 0 radical (unpaired) electrons. The van der Waals surface area contributed by atoms with Crippen molar-refractivity contribution in [1.82, 2.24) is 19.7 Å². The normalized spacial score (nSPS) is 10.8. The lowest BCUT2D eigenvalue weighted by Gasteiger charge is -2.09. The minimum Gasteiger partial charge on any atom is -0.489 e. The second-order valence-electron chi connectivity index (χ2n) is 6.96. The fourth-order valence-electron chi connectivity index (χ4n) is 3.05. The number of aryl methyl sites for hydroxylation is 1. The van der Waals surface area contributed by atoms with Gasteiger partial charge in [0, 0.05) is 35.1 Å². The molecule has 0 unspecified atom stereocenters. The average Bonchev–Trinajstić information content (AvgIpc) is 3.43. The molecule has 4 rings (SSSR count). The van der Waals surface area contributed by atoms with E-state index in [-0.39, 0.29) is 5.97 Å². The first kappa shape index (κ1) is 20.7. The fourth-order valence-corrected chi connectivity index (χ4v) is 3.85. The topological polar surface area (TPSA) is 79.1 Å². The summed E-state index contributed by atoms with van der Waals surface area (Å²) in [5.74, 6) is 0.423. The van der Waals surface area contributed by atoms with Crippen LogP contribution in [0.15, 0.2) is 60.5 Å². The molecule has 0 aliphatic carbocycles. The summed E-state index contributed by atoms with van der Waals surface area (Å²) in [6, 6.07) is 9.97. The summed E-state index contributed by atoms with van der Waals surface area (Å²) in [6.07, 6.45) is 6.73. The van der Waals surface area contributed by atoms with Crippen LogP contribution in [0.2, 0.25) is 0 Å². The summed E-state index contributed by atoms with van der Waals surface area (Å²) in [4.78, 5) is 20.7. The van der Waals surface area contributed by atoms with Crippen LogP contribution < -0.4 is 4.74 Å². The molecule has 0 bridgehead atoms. The van der Waals surface area contributed by atoms with Crippen LogP contribution in [-0.2, 0) is 17.9 Å². The quantitative estimate of drug-likeness (QED) is 0.380. The van der Waals surface area contributed by atoms with E-state index in [1.54, 1.807) is 41.5 Å². The summed E-state index contributed by atoms with van der Waals surface area (Å²) in [7, 11) is 0. The molecular weight excluding hydrogens is 412 g/mol. The Bertz CT molecular complexity index is 1170. The number of carbonyl (C=O) groups excluding carboxylic acids is 1. The second-order valence-corrected chi connectivity index (χ2v) is 7.90. The van der Waals surface area contributed by atoms with Crippen molar-refractivity contribution in [1.29, 1.82) is 0 Å². The van der Waals surface area contributed by atoms with Crippen LogP contribution in [-0.4, -0.2) is 32.3 Å². The van der Waals surface area contributed by atoms with Gasteiger partial charge in [0.2, 0.25) is 0 Å². The number of thiazole rings is 1. The molecule has 0 amide bonds. The number of esters is 1. The molecular formula is C23H22N4O3S. The van der Waals surface area contributed by atoms with Crippen LogP contribution in [0.4, 0.5) is 0 Å². The van der Waals surface area contributed by atoms with Crippen LogP contribution in [0.3, 0.4) is 0 Å². The van der Waals surface area contributed by atoms with Crippen molar-refractivity contribution in [2.45, 2.75) is 27.0 Å². The maximum absolute atomic E-state index is 11.8. The molecule has 7 nitrogen and oxygen atoms in total. The first-order valence-electron chi connectivity index (χ1n) is 9.88. The SMILES string of the molecule is CCOC(=O)c1cnn(Cc2nc(-c3cc(C)cc(OCc4cccnc4)c3)cs2)c1. The molecule has 31 heavy (non-hydrogen) atoms. The van der Waals surface area contributed by atoms with Crippen molar-refractivity contribution >= 4 is 17.3 Å². The van der Waals surface area contributed by atoms with Gasteiger partial charge in [-0.2, -0.15) is 5.10 Å². The van der Waals surface area contributed by atoms with Gasteiger partial charge in [0.15, 0.2) is 0 Å². The maximum atomic E-state index is 11.8. The van der Waals surface area contributed by atoms with E-state index in [1.807, 2.05) is 36.6 Å². The van der Waals surface area contributed by atoms with Gasteiger partial charge in [-0.25, -0.2) is 9.78 Å². The van der Waals surface area contributed by atoms with E-state index in [1.165, 1.54) is 6.20 Å². The van der Waals surface area contributed by atoms with Crippen LogP contribution in [0.1, 0.15) is 33.4 Å². The maximum Gasteiger partial charge on any atom is 0.341 e. The third kappa shape index (κ3) is 5.35. The Labute approximate surface area is 184 Å². The van der Waals surface area contributed by atoms with E-state index in [2.05, 4.69) is 16.1 Å². The van der Waals surface area contributed by atoms with Crippen molar-refractivity contribution in [2.24, 2.45) is 0 Å². The van der Waals surface area contributed by atoms with E-state index in [0.29, 0.717) is 25.3 Å². The largest absolute Gasteiger partial charge is 0.489 e. The number of hydrogen-bond acceptors (Lipinski definition) is 7. The average molecular weight is 435 g/mol. The molecule has 158 valence electrons. The van der Waals surface area contributed by atoms with Crippen molar-refractivity contribution in [3.8, 4) is 17.0 Å². The molecule has 4 aromatic rings. The molecule has 3 heterocycles. The summed E-state index contributed by atoms with van der Waals surface area (Å²) in [5, 5.41) is 7.15. The van der Waals surface area contributed by atoms with Gasteiger partial charge in [-0.3, -0.25) is 9.67 Å². The van der Waals surface area contributed by atoms with Crippen LogP contribution in [0.25, 0.3) is 11.3 Å². The van der Waals surface area contributed by atoms with Crippen LogP contribution in [0.5, 0.6) is 5.75 Å². The zero-order chi connectivity index (χ0) is 21.6. The van der Waals surface area contributed by atoms with Gasteiger partial charge in [0.25, 0.3) is 0 Å². The Kier molecular flexibility index (Phi) is 6.37. The van der Waals surface area contributed by atoms with E-state index in [9.17, 15) is 4.79 Å². The lowest BCUT2D eigenvalue weighted by molar-refractivity contribution is 0.0526. The molecule has 0 saturated carbocycles. The fraction of sp³-hybridized carbons (Fsp3) is 0.217. The minimum absolute atomic E-state index is 0.338. The van der Waals surface area contributed by atoms with Gasteiger partial charge in [0.1, 0.15) is 17.4 Å². The first-order valence-corrected chi connectivity index (χ1v) is 10.8. The van der Waals surface area contributed by atoms with Gasteiger partial charge < -0.3 is 9.47 Å². The molecule has 0 aliphatic heterocycles. The molecule has 0 atom stereocenters. The Hall–Kier alpha value is -3.52. The third-order valence-electron chi connectivity index (χ3n) is 4.47. The molecule has 0 saturated heterocycles. The van der Waals surface area contributed by atoms with E-state index in [0.717, 1.165) is 33.1 Å². The second kappa shape index (κ2) is 9.53. The zero-order valence-corrected chi connectivity index (χ0v) is 18.1. The molecule has 0 fully saturated rings. The number of aromatic nitrogens is 4. The number of ether oxygens (including phenoxy) is 2. The number of benzene rings is 1. The minimum atomic E-state index is -0.368. The molecule has 0 aliphatic rings. The van der Waals surface area contributed by atoms with Crippen LogP contribution >= 0.6 is 11.3 Å². The monoisotopic (exact) mass is 434 g/mol. The molecule has 8 heteroatoms. The van der Waals surface area contributed by atoms with Crippen molar-refractivity contribution in [3.63, 3.8) is 0 Å². The summed E-state index contributed by atoms with van der Waals surface area (Å²) < 4.78 is 12.7. The van der Waals surface area contributed by atoms with Crippen molar-refractivity contribution < 1.29 is 14.3 Å². The van der Waals surface area contributed by atoms with Gasteiger partial charge >= 0.3 is 5.97 Å². The standard InChI is InChI=1S/C23H22N4O3S/c1-3-29-23(28)19-11-25-27(12-19)13-22-26-21(15-31-22)18-7-16(2)8-20(9-18)30-14-17-5-4-6-24-10-17/h4-12,15H,3,13-14H2,1-2H3. The van der Waals surface area contributed by atoms with Crippen molar-refractivity contribution in [3.05, 3.63) is 82.2 Å². The highest BCUT2D eigenvalue weighted by Crippen LogP contribution is 2.28. The Morgan fingerprint density at radius 1 is 1.23 bits per heavy atom. The van der Waals surface area contributed by atoms with E-state index < -0.39 is 0 Å².